The highest BCUT2D eigenvalue weighted by atomic mass is 32.2. The summed E-state index contributed by atoms with van der Waals surface area (Å²) in [7, 11) is -0.616. The SMILES string of the molecule is COc1cc(S(=O)(=O)N2CCC(NC(=O)OCc3ccccc3)CC2)ccc1-c1nc2c(c(C3CCCCC3)nn2C)c(=O)[nH]1. The minimum absolute atomic E-state index is 0.0697. The first-order valence-corrected chi connectivity index (χ1v) is 16.8. The second kappa shape index (κ2) is 13.0. The maximum absolute atomic E-state index is 13.6. The van der Waals surface area contributed by atoms with E-state index in [1.165, 1.54) is 30.0 Å². The first kappa shape index (κ1) is 30.8. The van der Waals surface area contributed by atoms with Gasteiger partial charge in [0.15, 0.2) is 5.65 Å². The lowest BCUT2D eigenvalue weighted by molar-refractivity contribution is 0.131. The number of aryl methyl sites for hydroxylation is 1. The molecule has 2 N–H and O–H groups in total. The topological polar surface area (TPSA) is 149 Å². The van der Waals surface area contributed by atoms with Crippen LogP contribution in [0, 0.1) is 0 Å². The number of amides is 1. The number of aromatic nitrogens is 4. The number of alkyl carbamates (subject to hydrolysis) is 1. The number of H-pyrrole nitrogens is 1. The highest BCUT2D eigenvalue weighted by Gasteiger charge is 2.31. The van der Waals surface area contributed by atoms with Crippen LogP contribution in [0.3, 0.4) is 0 Å². The van der Waals surface area contributed by atoms with E-state index in [0.717, 1.165) is 36.9 Å². The molecule has 6 rings (SSSR count). The summed E-state index contributed by atoms with van der Waals surface area (Å²) in [4.78, 5) is 33.3. The molecule has 0 bridgehead atoms. The minimum atomic E-state index is -3.85. The highest BCUT2D eigenvalue weighted by molar-refractivity contribution is 7.89. The molecule has 13 heteroatoms. The third-order valence-corrected chi connectivity index (χ3v) is 10.7. The number of piperidine rings is 1. The second-order valence-electron chi connectivity index (χ2n) is 11.7. The molecular formula is C32H38N6O6S. The van der Waals surface area contributed by atoms with Crippen molar-refractivity contribution in [2.24, 2.45) is 7.05 Å². The Kier molecular flexibility index (Phi) is 8.90. The van der Waals surface area contributed by atoms with Gasteiger partial charge >= 0.3 is 6.09 Å². The summed E-state index contributed by atoms with van der Waals surface area (Å²) in [5.41, 5.74) is 2.35. The lowest BCUT2D eigenvalue weighted by Crippen LogP contribution is -2.46. The van der Waals surface area contributed by atoms with Crippen molar-refractivity contribution in [3.05, 3.63) is 70.1 Å². The number of ether oxygens (including phenoxy) is 2. The van der Waals surface area contributed by atoms with Crippen LogP contribution in [0.5, 0.6) is 5.75 Å². The van der Waals surface area contributed by atoms with Crippen LogP contribution >= 0.6 is 0 Å². The predicted octanol–water partition coefficient (Wildman–Crippen LogP) is 4.46. The number of hydrogen-bond donors (Lipinski definition) is 2. The Morgan fingerprint density at radius 1 is 1.04 bits per heavy atom. The van der Waals surface area contributed by atoms with Crippen molar-refractivity contribution in [3.8, 4) is 17.1 Å². The van der Waals surface area contributed by atoms with Crippen molar-refractivity contribution < 1.29 is 22.7 Å². The Morgan fingerprint density at radius 3 is 2.49 bits per heavy atom. The molecule has 1 aliphatic carbocycles. The summed E-state index contributed by atoms with van der Waals surface area (Å²) in [6.07, 6.45) is 5.84. The van der Waals surface area contributed by atoms with Gasteiger partial charge < -0.3 is 19.8 Å². The van der Waals surface area contributed by atoms with Crippen molar-refractivity contribution in [2.75, 3.05) is 20.2 Å². The molecule has 2 aliphatic rings. The van der Waals surface area contributed by atoms with Crippen molar-refractivity contribution >= 4 is 27.1 Å². The Hall–Kier alpha value is -4.23. The number of rotatable bonds is 8. The molecule has 0 radical (unpaired) electrons. The molecule has 1 amide bonds. The van der Waals surface area contributed by atoms with E-state index in [1.807, 2.05) is 30.3 Å². The summed E-state index contributed by atoms with van der Waals surface area (Å²) in [5.74, 6) is 0.785. The third-order valence-electron chi connectivity index (χ3n) is 8.77. The van der Waals surface area contributed by atoms with Gasteiger partial charge in [-0.05, 0) is 43.4 Å². The summed E-state index contributed by atoms with van der Waals surface area (Å²) < 4.78 is 41.1. The van der Waals surface area contributed by atoms with Gasteiger partial charge in [0.05, 0.1) is 23.3 Å². The molecule has 0 atom stereocenters. The number of aromatic amines is 1. The first-order chi connectivity index (χ1) is 21.7. The number of methoxy groups -OCH3 is 1. The highest BCUT2D eigenvalue weighted by Crippen LogP contribution is 2.36. The van der Waals surface area contributed by atoms with Crippen LogP contribution in [0.25, 0.3) is 22.4 Å². The fraction of sp³-hybridized carbons (Fsp3) is 0.438. The minimum Gasteiger partial charge on any atom is -0.496 e. The molecule has 2 aromatic heterocycles. The molecule has 1 aliphatic heterocycles. The number of nitrogens with one attached hydrogen (secondary N) is 2. The Labute approximate surface area is 261 Å². The van der Waals surface area contributed by atoms with Crippen LogP contribution in [-0.4, -0.2) is 64.8 Å². The average Bonchev–Trinajstić information content (AvgIpc) is 3.41. The molecule has 0 spiro atoms. The molecule has 45 heavy (non-hydrogen) atoms. The van der Waals surface area contributed by atoms with Crippen LogP contribution in [-0.2, 0) is 28.4 Å². The van der Waals surface area contributed by atoms with Gasteiger partial charge in [-0.15, -0.1) is 0 Å². The van der Waals surface area contributed by atoms with Crippen molar-refractivity contribution in [1.29, 1.82) is 0 Å². The van der Waals surface area contributed by atoms with Gasteiger partial charge in [-0.25, -0.2) is 22.9 Å². The molecule has 2 aromatic carbocycles. The van der Waals surface area contributed by atoms with Crippen LogP contribution in [0.2, 0.25) is 0 Å². The average molecular weight is 635 g/mol. The van der Waals surface area contributed by atoms with E-state index in [9.17, 15) is 18.0 Å². The Balaban J connectivity index is 1.15. The molecular weight excluding hydrogens is 596 g/mol. The van der Waals surface area contributed by atoms with E-state index >= 15 is 0 Å². The molecule has 3 heterocycles. The maximum Gasteiger partial charge on any atom is 0.407 e. The number of carbonyl (C=O) groups excluding carboxylic acids is 1. The zero-order chi connectivity index (χ0) is 31.6. The van der Waals surface area contributed by atoms with Crippen LogP contribution in [0.15, 0.2) is 58.2 Å². The van der Waals surface area contributed by atoms with Gasteiger partial charge in [0.2, 0.25) is 10.0 Å². The standard InChI is InChI=1S/C32H38N6O6S/c1-37-30-27(28(36-37)22-11-7-4-8-12-22)31(39)35-29(34-30)25-14-13-24(19-26(25)43-2)45(41,42)38-17-15-23(16-18-38)33-32(40)44-20-21-9-5-3-6-10-21/h3,5-6,9-10,13-14,19,22-23H,4,7-8,11-12,15-18,20H2,1-2H3,(H,33,40)(H,34,35,39). The van der Waals surface area contributed by atoms with Gasteiger partial charge in [-0.2, -0.15) is 9.40 Å². The summed E-state index contributed by atoms with van der Waals surface area (Å²) >= 11 is 0. The van der Waals surface area contributed by atoms with Crippen molar-refractivity contribution in [3.63, 3.8) is 0 Å². The molecule has 1 saturated heterocycles. The zero-order valence-corrected chi connectivity index (χ0v) is 26.3. The van der Waals surface area contributed by atoms with Crippen LogP contribution in [0.1, 0.15) is 62.1 Å². The fourth-order valence-electron chi connectivity index (χ4n) is 6.32. The molecule has 2 fully saturated rings. The van der Waals surface area contributed by atoms with Crippen LogP contribution in [0.4, 0.5) is 4.79 Å². The van der Waals surface area contributed by atoms with E-state index in [4.69, 9.17) is 14.5 Å². The van der Waals surface area contributed by atoms with E-state index in [1.54, 1.807) is 17.8 Å². The number of sulfonamides is 1. The lowest BCUT2D eigenvalue weighted by Gasteiger charge is -2.31. The van der Waals surface area contributed by atoms with Gasteiger partial charge in [0.25, 0.3) is 5.56 Å². The number of fused-ring (bicyclic) bond motifs is 1. The van der Waals surface area contributed by atoms with Crippen molar-refractivity contribution in [1.82, 2.24) is 29.4 Å². The number of hydrogen-bond acceptors (Lipinski definition) is 8. The smallest absolute Gasteiger partial charge is 0.407 e. The molecule has 238 valence electrons. The van der Waals surface area contributed by atoms with Gasteiger partial charge in [-0.3, -0.25) is 4.79 Å². The van der Waals surface area contributed by atoms with Gasteiger partial charge in [0.1, 0.15) is 23.6 Å². The molecule has 12 nitrogen and oxygen atoms in total. The Morgan fingerprint density at radius 2 is 1.78 bits per heavy atom. The Bertz CT molecular complexity index is 1840. The van der Waals surface area contributed by atoms with Gasteiger partial charge in [-0.1, -0.05) is 49.6 Å². The van der Waals surface area contributed by atoms with E-state index in [2.05, 4.69) is 15.4 Å². The summed E-state index contributed by atoms with van der Waals surface area (Å²) in [6, 6.07) is 13.8. The maximum atomic E-state index is 13.6. The molecule has 1 saturated carbocycles. The molecule has 0 unspecified atom stereocenters. The second-order valence-corrected chi connectivity index (χ2v) is 13.6. The normalized spacial score (nSPS) is 16.9. The third kappa shape index (κ3) is 6.45. The van der Waals surface area contributed by atoms with E-state index < -0.39 is 16.1 Å². The quantitative estimate of drug-likeness (QED) is 0.289. The number of nitrogens with zero attached hydrogens (tertiary/aromatic N) is 4. The van der Waals surface area contributed by atoms with Crippen LogP contribution < -0.4 is 15.6 Å². The molecule has 4 aromatic rings. The summed E-state index contributed by atoms with van der Waals surface area (Å²) in [5, 5.41) is 8.03. The number of benzene rings is 2. The first-order valence-electron chi connectivity index (χ1n) is 15.4. The fourth-order valence-corrected chi connectivity index (χ4v) is 7.81. The monoisotopic (exact) mass is 634 g/mol. The summed E-state index contributed by atoms with van der Waals surface area (Å²) in [6.45, 7) is 0.648. The largest absolute Gasteiger partial charge is 0.496 e. The zero-order valence-electron chi connectivity index (χ0n) is 25.5. The van der Waals surface area contributed by atoms with Gasteiger partial charge in [0, 0.05) is 38.2 Å². The van der Waals surface area contributed by atoms with E-state index in [-0.39, 0.29) is 53.7 Å². The van der Waals surface area contributed by atoms with E-state index in [0.29, 0.717) is 29.4 Å². The number of carbonyl (C=O) groups is 1. The van der Waals surface area contributed by atoms with Crippen molar-refractivity contribution in [2.45, 2.75) is 68.4 Å². The predicted molar refractivity (Wildman–Crippen MR) is 168 cm³/mol. The lowest BCUT2D eigenvalue weighted by atomic mass is 9.86.